The fourth-order valence-electron chi connectivity index (χ4n) is 4.40. The third-order valence-corrected chi connectivity index (χ3v) is 7.09. The molecule has 0 atom stereocenters. The van der Waals surface area contributed by atoms with E-state index >= 15 is 0 Å². The molecule has 32 heavy (non-hydrogen) atoms. The highest BCUT2D eigenvalue weighted by atomic mass is 32.2. The number of hydrogen-bond acceptors (Lipinski definition) is 6. The van der Waals surface area contributed by atoms with Gasteiger partial charge in [-0.3, -0.25) is 0 Å². The summed E-state index contributed by atoms with van der Waals surface area (Å²) in [6.07, 6.45) is 7.51. The second-order valence-corrected chi connectivity index (χ2v) is 9.56. The summed E-state index contributed by atoms with van der Waals surface area (Å²) >= 11 is 1.72. The molecule has 5 rings (SSSR count). The van der Waals surface area contributed by atoms with Crippen molar-refractivity contribution in [3.8, 4) is 28.5 Å². The zero-order valence-electron chi connectivity index (χ0n) is 19.3. The van der Waals surface area contributed by atoms with Gasteiger partial charge in [0.05, 0.1) is 43.8 Å². The van der Waals surface area contributed by atoms with Gasteiger partial charge in [-0.05, 0) is 55.9 Å². The number of methoxy groups -OCH3 is 3. The van der Waals surface area contributed by atoms with Gasteiger partial charge in [-0.15, -0.1) is 11.8 Å². The minimum Gasteiger partial charge on any atom is -0.496 e. The van der Waals surface area contributed by atoms with Gasteiger partial charge in [0.1, 0.15) is 22.3 Å². The van der Waals surface area contributed by atoms with E-state index in [0.717, 1.165) is 46.7 Å². The number of anilines is 1. The highest BCUT2D eigenvalue weighted by Gasteiger charge is 2.32. The minimum absolute atomic E-state index is 0.695. The molecule has 0 N–H and O–H groups in total. The predicted molar refractivity (Wildman–Crippen MR) is 130 cm³/mol. The molecule has 2 saturated carbocycles. The van der Waals surface area contributed by atoms with Crippen LogP contribution in [0.1, 0.15) is 25.7 Å². The Bertz CT molecular complexity index is 1080. The lowest BCUT2D eigenvalue weighted by Crippen LogP contribution is -2.28. The summed E-state index contributed by atoms with van der Waals surface area (Å²) in [5.74, 6) is 3.74. The average molecular weight is 454 g/mol. The maximum Gasteiger partial charge on any atom is 0.142 e. The van der Waals surface area contributed by atoms with Crippen LogP contribution >= 0.6 is 11.8 Å². The molecule has 0 aliphatic heterocycles. The van der Waals surface area contributed by atoms with Crippen LogP contribution in [-0.2, 0) is 0 Å². The van der Waals surface area contributed by atoms with E-state index in [2.05, 4.69) is 33.9 Å². The molecule has 2 heterocycles. The highest BCUT2D eigenvalue weighted by Crippen LogP contribution is 2.45. The number of hydrogen-bond donors (Lipinski definition) is 0. The second-order valence-electron chi connectivity index (χ2n) is 8.76. The maximum atomic E-state index is 5.75. The number of nitrogens with zero attached hydrogens (tertiary/aromatic N) is 3. The summed E-state index contributed by atoms with van der Waals surface area (Å²) < 4.78 is 19.0. The van der Waals surface area contributed by atoms with E-state index in [1.165, 1.54) is 31.4 Å². The van der Waals surface area contributed by atoms with Crippen molar-refractivity contribution in [3.05, 3.63) is 30.3 Å². The summed E-state index contributed by atoms with van der Waals surface area (Å²) in [6, 6.07) is 10.1. The van der Waals surface area contributed by atoms with Crippen molar-refractivity contribution in [1.82, 2.24) is 9.61 Å². The van der Waals surface area contributed by atoms with Gasteiger partial charge < -0.3 is 19.1 Å². The molecule has 7 heteroatoms. The summed E-state index contributed by atoms with van der Waals surface area (Å²) in [6.45, 7) is 2.26. The Morgan fingerprint density at radius 1 is 0.969 bits per heavy atom. The number of benzene rings is 1. The lowest BCUT2D eigenvalue weighted by Gasteiger charge is -2.25. The quantitative estimate of drug-likeness (QED) is 0.384. The first-order chi connectivity index (χ1) is 15.7. The molecule has 0 amide bonds. The lowest BCUT2D eigenvalue weighted by molar-refractivity contribution is 0.377. The number of aromatic nitrogens is 2. The zero-order chi connectivity index (χ0) is 22.2. The van der Waals surface area contributed by atoms with E-state index in [1.807, 2.05) is 12.1 Å². The molecule has 3 aromatic rings. The molecule has 6 nitrogen and oxygen atoms in total. The molecule has 0 radical (unpaired) electrons. The average Bonchev–Trinajstić information content (AvgIpc) is 3.76. The van der Waals surface area contributed by atoms with Gasteiger partial charge in [0.15, 0.2) is 0 Å². The van der Waals surface area contributed by atoms with E-state index in [4.69, 9.17) is 19.3 Å². The molecular formula is C25H31N3O3S. The largest absolute Gasteiger partial charge is 0.496 e. The normalized spacial score (nSPS) is 15.8. The first kappa shape index (κ1) is 21.3. The van der Waals surface area contributed by atoms with Crippen molar-refractivity contribution in [3.63, 3.8) is 0 Å². The Morgan fingerprint density at radius 3 is 2.09 bits per heavy atom. The van der Waals surface area contributed by atoms with E-state index < -0.39 is 0 Å². The van der Waals surface area contributed by atoms with Crippen LogP contribution < -0.4 is 19.1 Å². The Balaban J connectivity index is 1.68. The van der Waals surface area contributed by atoms with E-state index in [9.17, 15) is 0 Å². The SMILES string of the molecule is COc1cc(OC)c(-c2cccc3c(N(CC4CC4)CC4CC4)c(SC)nn23)c(OC)c1. The van der Waals surface area contributed by atoms with Gasteiger partial charge >= 0.3 is 0 Å². The zero-order valence-corrected chi connectivity index (χ0v) is 20.1. The van der Waals surface area contributed by atoms with Crippen molar-refractivity contribution < 1.29 is 14.2 Å². The topological polar surface area (TPSA) is 48.2 Å². The Kier molecular flexibility index (Phi) is 5.84. The van der Waals surface area contributed by atoms with Gasteiger partial charge in [-0.2, -0.15) is 5.10 Å². The van der Waals surface area contributed by atoms with Crippen LogP contribution in [0.3, 0.4) is 0 Å². The van der Waals surface area contributed by atoms with Gasteiger partial charge in [0.25, 0.3) is 0 Å². The van der Waals surface area contributed by atoms with Crippen molar-refractivity contribution in [2.45, 2.75) is 30.7 Å². The first-order valence-corrected chi connectivity index (χ1v) is 12.5. The van der Waals surface area contributed by atoms with Gasteiger partial charge in [0, 0.05) is 25.2 Å². The van der Waals surface area contributed by atoms with Crippen LogP contribution in [0, 0.1) is 11.8 Å². The standard InChI is InChI=1S/C25H31N3O3S/c1-29-18-12-21(30-2)23(22(13-18)31-3)19-6-5-7-20-24(25(32-4)26-28(19)20)27(14-16-8-9-16)15-17-10-11-17/h5-7,12-13,16-17H,8-11,14-15H2,1-4H3. The summed E-state index contributed by atoms with van der Waals surface area (Å²) in [4.78, 5) is 2.61. The van der Waals surface area contributed by atoms with Crippen molar-refractivity contribution in [1.29, 1.82) is 0 Å². The molecule has 0 spiro atoms. The van der Waals surface area contributed by atoms with Gasteiger partial charge in [-0.1, -0.05) is 6.07 Å². The van der Waals surface area contributed by atoms with E-state index in [0.29, 0.717) is 17.2 Å². The smallest absolute Gasteiger partial charge is 0.142 e. The van der Waals surface area contributed by atoms with Crippen LogP contribution in [0.4, 0.5) is 5.69 Å². The first-order valence-electron chi connectivity index (χ1n) is 11.3. The number of thioether (sulfide) groups is 1. The molecule has 170 valence electrons. The number of ether oxygens (including phenoxy) is 3. The lowest BCUT2D eigenvalue weighted by atomic mass is 10.1. The van der Waals surface area contributed by atoms with E-state index in [-0.39, 0.29) is 0 Å². The maximum absolute atomic E-state index is 5.75. The van der Waals surface area contributed by atoms with E-state index in [1.54, 1.807) is 33.1 Å². The molecule has 2 fully saturated rings. The molecule has 0 unspecified atom stereocenters. The molecule has 2 aliphatic rings. The molecule has 0 bridgehead atoms. The number of pyridine rings is 1. The van der Waals surface area contributed by atoms with Crippen molar-refractivity contribution in [2.24, 2.45) is 11.8 Å². The fraction of sp³-hybridized carbons (Fsp3) is 0.480. The van der Waals surface area contributed by atoms with Crippen molar-refractivity contribution in [2.75, 3.05) is 45.6 Å². The summed E-state index contributed by atoms with van der Waals surface area (Å²) in [7, 11) is 4.99. The third kappa shape index (κ3) is 3.98. The third-order valence-electron chi connectivity index (χ3n) is 6.43. The van der Waals surface area contributed by atoms with Crippen molar-refractivity contribution >= 4 is 23.0 Å². The second kappa shape index (κ2) is 8.77. The number of fused-ring (bicyclic) bond motifs is 1. The summed E-state index contributed by atoms with van der Waals surface area (Å²) in [5, 5.41) is 6.15. The van der Waals surface area contributed by atoms with Gasteiger partial charge in [-0.25, -0.2) is 4.52 Å². The summed E-state index contributed by atoms with van der Waals surface area (Å²) in [5.41, 5.74) is 4.22. The highest BCUT2D eigenvalue weighted by molar-refractivity contribution is 7.98. The van der Waals surface area contributed by atoms with Crippen LogP contribution in [0.25, 0.3) is 16.8 Å². The molecular weight excluding hydrogens is 422 g/mol. The minimum atomic E-state index is 0.695. The molecule has 0 saturated heterocycles. The fourth-order valence-corrected chi connectivity index (χ4v) is 4.99. The molecule has 1 aromatic carbocycles. The molecule has 2 aromatic heterocycles. The molecule has 2 aliphatic carbocycles. The Morgan fingerprint density at radius 2 is 1.59 bits per heavy atom. The number of rotatable bonds is 10. The van der Waals surface area contributed by atoms with Crippen LogP contribution in [-0.4, -0.2) is 50.3 Å². The van der Waals surface area contributed by atoms with Crippen LogP contribution in [0.2, 0.25) is 0 Å². The van der Waals surface area contributed by atoms with Gasteiger partial charge in [0.2, 0.25) is 0 Å². The Labute approximate surface area is 193 Å². The Hall–Kier alpha value is -2.54. The predicted octanol–water partition coefficient (Wildman–Crippen LogP) is 5.38. The van der Waals surface area contributed by atoms with Crippen LogP contribution in [0.15, 0.2) is 35.4 Å². The monoisotopic (exact) mass is 453 g/mol. The van der Waals surface area contributed by atoms with Crippen LogP contribution in [0.5, 0.6) is 17.2 Å².